The summed E-state index contributed by atoms with van der Waals surface area (Å²) in [6.45, 7) is 4.18. The molecule has 0 bridgehead atoms. The van der Waals surface area contributed by atoms with Crippen LogP contribution in [0, 0.1) is 11.3 Å². The molecule has 1 unspecified atom stereocenters. The van der Waals surface area contributed by atoms with Crippen LogP contribution in [0.1, 0.15) is 49.9 Å². The normalized spacial score (nSPS) is 19.2. The van der Waals surface area contributed by atoms with Gasteiger partial charge >= 0.3 is 0 Å². The van der Waals surface area contributed by atoms with Gasteiger partial charge < -0.3 is 0 Å². The fourth-order valence-corrected chi connectivity index (χ4v) is 2.76. The number of likely N-dealkylation sites (tertiary alicyclic amines) is 1. The summed E-state index contributed by atoms with van der Waals surface area (Å²) in [6.07, 6.45) is 7.91. The van der Waals surface area contributed by atoms with Gasteiger partial charge in [0.15, 0.2) is 0 Å². The minimum atomic E-state index is -0.119. The second-order valence-electron chi connectivity index (χ2n) is 5.04. The molecule has 1 aromatic heterocycles. The first-order chi connectivity index (χ1) is 8.76. The molecule has 1 saturated heterocycles. The second kappa shape index (κ2) is 6.01. The molecule has 4 nitrogen and oxygen atoms in total. The zero-order valence-electron chi connectivity index (χ0n) is 11.4. The number of hydrogen-bond donors (Lipinski definition) is 0. The van der Waals surface area contributed by atoms with Gasteiger partial charge in [-0.2, -0.15) is 10.4 Å². The molecule has 0 saturated carbocycles. The minimum absolute atomic E-state index is 0.119. The number of aromatic nitrogens is 2. The Labute approximate surface area is 109 Å². The molecule has 18 heavy (non-hydrogen) atoms. The van der Waals surface area contributed by atoms with E-state index in [0.29, 0.717) is 0 Å². The zero-order chi connectivity index (χ0) is 13.0. The van der Waals surface area contributed by atoms with Gasteiger partial charge in [-0.15, -0.1) is 0 Å². The van der Waals surface area contributed by atoms with E-state index in [1.54, 1.807) is 0 Å². The van der Waals surface area contributed by atoms with Crippen LogP contribution in [-0.4, -0.2) is 27.8 Å². The molecule has 0 spiro atoms. The second-order valence-corrected chi connectivity index (χ2v) is 5.04. The third-order valence-electron chi connectivity index (χ3n) is 3.70. The summed E-state index contributed by atoms with van der Waals surface area (Å²) in [5, 5.41) is 14.0. The summed E-state index contributed by atoms with van der Waals surface area (Å²) >= 11 is 0. The van der Waals surface area contributed by atoms with Crippen molar-refractivity contribution >= 4 is 0 Å². The summed E-state index contributed by atoms with van der Waals surface area (Å²) < 4.78 is 1.83. The molecule has 0 aliphatic carbocycles. The number of hydrogen-bond acceptors (Lipinski definition) is 3. The zero-order valence-corrected chi connectivity index (χ0v) is 11.4. The quantitative estimate of drug-likeness (QED) is 0.822. The van der Waals surface area contributed by atoms with Gasteiger partial charge in [0.25, 0.3) is 0 Å². The van der Waals surface area contributed by atoms with Crippen molar-refractivity contribution in [3.8, 4) is 6.07 Å². The van der Waals surface area contributed by atoms with E-state index in [1.165, 1.54) is 25.7 Å². The van der Waals surface area contributed by atoms with Crippen LogP contribution in [0.15, 0.2) is 6.20 Å². The van der Waals surface area contributed by atoms with Crippen molar-refractivity contribution < 1.29 is 0 Å². The van der Waals surface area contributed by atoms with Crippen LogP contribution in [0.5, 0.6) is 0 Å². The Morgan fingerprint density at radius 2 is 2.00 bits per heavy atom. The highest BCUT2D eigenvalue weighted by molar-refractivity contribution is 5.26. The lowest BCUT2D eigenvalue weighted by Gasteiger charge is -2.25. The van der Waals surface area contributed by atoms with Crippen LogP contribution in [0.2, 0.25) is 0 Å². The van der Waals surface area contributed by atoms with E-state index < -0.39 is 0 Å². The monoisotopic (exact) mass is 246 g/mol. The van der Waals surface area contributed by atoms with E-state index >= 15 is 0 Å². The van der Waals surface area contributed by atoms with Gasteiger partial charge in [0, 0.05) is 18.8 Å². The third kappa shape index (κ3) is 2.73. The Kier molecular flexibility index (Phi) is 4.38. The number of nitrogens with zero attached hydrogens (tertiary/aromatic N) is 4. The molecular formula is C14H22N4. The van der Waals surface area contributed by atoms with E-state index in [1.807, 2.05) is 17.9 Å². The van der Waals surface area contributed by atoms with Crippen LogP contribution in [0.25, 0.3) is 0 Å². The van der Waals surface area contributed by atoms with Crippen LogP contribution in [0.3, 0.4) is 0 Å². The van der Waals surface area contributed by atoms with Crippen LogP contribution < -0.4 is 0 Å². The molecule has 1 fully saturated rings. The summed E-state index contributed by atoms with van der Waals surface area (Å²) in [5.41, 5.74) is 2.16. The fraction of sp³-hybridized carbons (Fsp3) is 0.714. The van der Waals surface area contributed by atoms with Gasteiger partial charge in [-0.25, -0.2) is 0 Å². The highest BCUT2D eigenvalue weighted by Gasteiger charge is 2.24. The van der Waals surface area contributed by atoms with E-state index in [-0.39, 0.29) is 6.04 Å². The molecule has 98 valence electrons. The Balaban J connectivity index is 2.23. The van der Waals surface area contributed by atoms with Crippen LogP contribution >= 0.6 is 0 Å². The van der Waals surface area contributed by atoms with Gasteiger partial charge in [-0.05, 0) is 32.4 Å². The number of aryl methyl sites for hydroxylation is 2. The van der Waals surface area contributed by atoms with Crippen LogP contribution in [0.4, 0.5) is 0 Å². The Morgan fingerprint density at radius 3 is 2.56 bits per heavy atom. The first-order valence-electron chi connectivity index (χ1n) is 6.92. The smallest absolute Gasteiger partial charge is 0.127 e. The maximum Gasteiger partial charge on any atom is 0.127 e. The minimum Gasteiger partial charge on any atom is -0.284 e. The molecule has 2 heterocycles. The van der Waals surface area contributed by atoms with Crippen LogP contribution in [-0.2, 0) is 13.5 Å². The lowest BCUT2D eigenvalue weighted by Crippen LogP contribution is -2.29. The Hall–Kier alpha value is -1.34. The maximum atomic E-state index is 9.52. The van der Waals surface area contributed by atoms with E-state index in [0.717, 1.165) is 30.8 Å². The van der Waals surface area contributed by atoms with E-state index in [2.05, 4.69) is 23.0 Å². The molecule has 1 atom stereocenters. The van der Waals surface area contributed by atoms with Crippen molar-refractivity contribution in [2.24, 2.45) is 7.05 Å². The van der Waals surface area contributed by atoms with Gasteiger partial charge in [0.2, 0.25) is 0 Å². The SMILES string of the molecule is CCc1nn(C)cc1C(C#N)N1CCCCCC1. The van der Waals surface area contributed by atoms with Crippen molar-refractivity contribution in [3.05, 3.63) is 17.5 Å². The summed E-state index contributed by atoms with van der Waals surface area (Å²) in [7, 11) is 1.93. The lowest BCUT2D eigenvalue weighted by molar-refractivity contribution is 0.245. The molecule has 2 rings (SSSR count). The summed E-state index contributed by atoms with van der Waals surface area (Å²) in [4.78, 5) is 2.32. The first-order valence-corrected chi connectivity index (χ1v) is 6.92. The summed E-state index contributed by atoms with van der Waals surface area (Å²) in [6, 6.07) is 2.36. The van der Waals surface area contributed by atoms with Crippen molar-refractivity contribution in [1.82, 2.24) is 14.7 Å². The predicted octanol–water partition coefficient (Wildman–Crippen LogP) is 2.42. The van der Waals surface area contributed by atoms with Gasteiger partial charge in [0.1, 0.15) is 6.04 Å². The topological polar surface area (TPSA) is 44.9 Å². The molecule has 1 aliphatic rings. The van der Waals surface area contributed by atoms with Gasteiger partial charge in [-0.3, -0.25) is 9.58 Å². The molecule has 1 aromatic rings. The van der Waals surface area contributed by atoms with Crippen molar-refractivity contribution in [3.63, 3.8) is 0 Å². The molecule has 1 aliphatic heterocycles. The number of rotatable bonds is 3. The molecule has 0 N–H and O–H groups in total. The molecule has 0 aromatic carbocycles. The largest absolute Gasteiger partial charge is 0.284 e. The maximum absolute atomic E-state index is 9.52. The lowest BCUT2D eigenvalue weighted by atomic mass is 10.1. The Morgan fingerprint density at radius 1 is 1.33 bits per heavy atom. The summed E-state index contributed by atoms with van der Waals surface area (Å²) in [5.74, 6) is 0. The third-order valence-corrected chi connectivity index (χ3v) is 3.70. The van der Waals surface area contributed by atoms with Gasteiger partial charge in [-0.1, -0.05) is 19.8 Å². The predicted molar refractivity (Wildman–Crippen MR) is 71.0 cm³/mol. The van der Waals surface area contributed by atoms with E-state index in [9.17, 15) is 5.26 Å². The highest BCUT2D eigenvalue weighted by Crippen LogP contribution is 2.26. The molecular weight excluding hydrogens is 224 g/mol. The van der Waals surface area contributed by atoms with Crippen molar-refractivity contribution in [1.29, 1.82) is 5.26 Å². The van der Waals surface area contributed by atoms with Crippen molar-refractivity contribution in [2.75, 3.05) is 13.1 Å². The van der Waals surface area contributed by atoms with Crippen molar-refractivity contribution in [2.45, 2.75) is 45.1 Å². The molecule has 0 radical (unpaired) electrons. The molecule has 4 heteroatoms. The number of nitriles is 1. The molecule has 0 amide bonds. The fourth-order valence-electron chi connectivity index (χ4n) is 2.76. The average Bonchev–Trinajstić information content (AvgIpc) is 2.58. The average molecular weight is 246 g/mol. The highest BCUT2D eigenvalue weighted by atomic mass is 15.3. The first kappa shape index (κ1) is 13.1. The Bertz CT molecular complexity index is 421. The standard InChI is InChI=1S/C14H22N4/c1-3-13-12(11-17(2)16-13)14(10-15)18-8-6-4-5-7-9-18/h11,14H,3-9H2,1-2H3. The van der Waals surface area contributed by atoms with E-state index in [4.69, 9.17) is 0 Å². The van der Waals surface area contributed by atoms with Gasteiger partial charge in [0.05, 0.1) is 11.8 Å².